The molecule has 0 aromatic heterocycles. The highest BCUT2D eigenvalue weighted by Crippen LogP contribution is 1.92. The van der Waals surface area contributed by atoms with Gasteiger partial charge in [0, 0.05) is 0 Å². The zero-order valence-corrected chi connectivity index (χ0v) is 9.99. The van der Waals surface area contributed by atoms with Gasteiger partial charge in [-0.1, -0.05) is 0 Å². The molecule has 0 aromatic rings. The van der Waals surface area contributed by atoms with E-state index < -0.39 is 18.0 Å². The minimum atomic E-state index is -1.10. The molecule has 0 fully saturated rings. The van der Waals surface area contributed by atoms with Crippen molar-refractivity contribution in [1.82, 2.24) is 0 Å². The molecule has 0 radical (unpaired) electrons. The fourth-order valence-corrected chi connectivity index (χ4v) is 0.563. The molecule has 16 heavy (non-hydrogen) atoms. The third kappa shape index (κ3) is 8.80. The molecule has 0 aliphatic heterocycles. The lowest BCUT2D eigenvalue weighted by Gasteiger charge is -2.09. The van der Waals surface area contributed by atoms with E-state index >= 15 is 0 Å². The van der Waals surface area contributed by atoms with E-state index in [-0.39, 0.29) is 24.7 Å². The molecule has 0 amide bonds. The minimum Gasteiger partial charge on any atom is -0.388 e. The summed E-state index contributed by atoms with van der Waals surface area (Å²) in [6, 6.07) is 0. The number of carbonyl (C=O) groups is 2. The van der Waals surface area contributed by atoms with Gasteiger partial charge in [0.2, 0.25) is 0 Å². The van der Waals surface area contributed by atoms with Crippen LogP contribution in [0.4, 0.5) is 0 Å². The van der Waals surface area contributed by atoms with Crippen LogP contribution in [-0.4, -0.2) is 47.9 Å². The second kappa shape index (κ2) is 9.73. The Hall–Kier alpha value is -0.480. The second-order valence-electron chi connectivity index (χ2n) is 2.45. The Morgan fingerprint density at radius 1 is 1.00 bits per heavy atom. The first-order valence-electron chi connectivity index (χ1n) is 4.14. The Morgan fingerprint density at radius 2 is 1.38 bits per heavy atom. The molecule has 0 bridgehead atoms. The monoisotopic (exact) mass is 272 g/mol. The van der Waals surface area contributed by atoms with Crippen LogP contribution in [0.25, 0.3) is 0 Å². The summed E-state index contributed by atoms with van der Waals surface area (Å²) >= 11 is 7.25. The zero-order valence-electron chi connectivity index (χ0n) is 8.20. The molecule has 0 unspecified atom stereocenters. The van der Waals surface area contributed by atoms with Gasteiger partial charge in [0.05, 0.1) is 11.5 Å². The lowest BCUT2D eigenvalue weighted by Crippen LogP contribution is -2.24. The first-order valence-corrected chi connectivity index (χ1v) is 5.41. The van der Waals surface area contributed by atoms with E-state index in [1.54, 1.807) is 0 Å². The van der Waals surface area contributed by atoms with Crippen LogP contribution in [0.5, 0.6) is 0 Å². The summed E-state index contributed by atoms with van der Waals surface area (Å²) in [4.78, 5) is 38.1. The van der Waals surface area contributed by atoms with Crippen LogP contribution in [0.2, 0.25) is 0 Å². The van der Waals surface area contributed by atoms with Gasteiger partial charge in [-0.15, -0.1) is 0 Å². The van der Waals surface area contributed by atoms with Crippen molar-refractivity contribution in [2.24, 2.45) is 0 Å². The number of hydrogen-bond acceptors (Lipinski definition) is 9. The average Bonchev–Trinajstić information content (AvgIpc) is 2.28. The van der Waals surface area contributed by atoms with E-state index in [1.165, 1.54) is 0 Å². The quantitative estimate of drug-likeness (QED) is 0.301. The number of carbonyl (C=O) groups excluding carboxylic acids is 2. The van der Waals surface area contributed by atoms with E-state index in [0.29, 0.717) is 0 Å². The second-order valence-corrected chi connectivity index (χ2v) is 3.08. The van der Waals surface area contributed by atoms with Gasteiger partial charge < -0.3 is 5.11 Å². The minimum absolute atomic E-state index is 0.133. The van der Waals surface area contributed by atoms with Gasteiger partial charge in [-0.2, -0.15) is 35.0 Å². The van der Waals surface area contributed by atoms with Crippen molar-refractivity contribution in [3.05, 3.63) is 0 Å². The van der Waals surface area contributed by atoms with Gasteiger partial charge in [-0.25, -0.2) is 9.59 Å². The standard InChI is InChI=1S/C7H12O7S2/c8-5(1-11-13-6(9)3-15)2-12-14-7(10)4-16/h5,8,15-16H,1-4H2. The van der Waals surface area contributed by atoms with Crippen molar-refractivity contribution in [1.29, 1.82) is 0 Å². The predicted molar refractivity (Wildman–Crippen MR) is 57.8 cm³/mol. The molecule has 0 spiro atoms. The fourth-order valence-electron chi connectivity index (χ4n) is 0.457. The molecule has 0 saturated carbocycles. The topological polar surface area (TPSA) is 91.3 Å². The largest absolute Gasteiger partial charge is 0.388 e. The molecular formula is C7H12O7S2. The Kier molecular flexibility index (Phi) is 9.43. The molecular weight excluding hydrogens is 260 g/mol. The summed E-state index contributed by atoms with van der Waals surface area (Å²) in [7, 11) is 0. The van der Waals surface area contributed by atoms with E-state index in [9.17, 15) is 9.59 Å². The first kappa shape index (κ1) is 15.5. The van der Waals surface area contributed by atoms with Crippen LogP contribution in [0.1, 0.15) is 0 Å². The highest BCUT2D eigenvalue weighted by atomic mass is 32.1. The Bertz CT molecular complexity index is 201. The normalized spacial score (nSPS) is 10.2. The first-order chi connectivity index (χ1) is 7.60. The number of hydrogen-bond donors (Lipinski definition) is 3. The lowest BCUT2D eigenvalue weighted by molar-refractivity contribution is -0.303. The van der Waals surface area contributed by atoms with Crippen molar-refractivity contribution in [2.75, 3.05) is 24.7 Å². The van der Waals surface area contributed by atoms with Gasteiger partial charge in [-0.3, -0.25) is 9.78 Å². The Balaban J connectivity index is 3.41. The predicted octanol–water partition coefficient (Wildman–Crippen LogP) is -0.844. The van der Waals surface area contributed by atoms with Gasteiger partial charge in [-0.05, 0) is 0 Å². The molecule has 1 N–H and O–H groups in total. The maximum atomic E-state index is 10.5. The number of aliphatic hydroxyl groups is 1. The Morgan fingerprint density at radius 3 is 1.69 bits per heavy atom. The van der Waals surface area contributed by atoms with Gasteiger partial charge in [0.25, 0.3) is 0 Å². The zero-order chi connectivity index (χ0) is 12.4. The highest BCUT2D eigenvalue weighted by Gasteiger charge is 2.09. The summed E-state index contributed by atoms with van der Waals surface area (Å²) in [5, 5.41) is 9.15. The molecule has 0 aliphatic rings. The van der Waals surface area contributed by atoms with Crippen LogP contribution in [-0.2, 0) is 29.1 Å². The van der Waals surface area contributed by atoms with Crippen molar-refractivity contribution in [2.45, 2.75) is 6.10 Å². The van der Waals surface area contributed by atoms with Crippen LogP contribution < -0.4 is 0 Å². The van der Waals surface area contributed by atoms with Gasteiger partial charge >= 0.3 is 11.9 Å². The highest BCUT2D eigenvalue weighted by molar-refractivity contribution is 7.81. The third-order valence-electron chi connectivity index (χ3n) is 1.08. The van der Waals surface area contributed by atoms with Crippen LogP contribution in [0, 0.1) is 0 Å². The molecule has 9 heteroatoms. The molecule has 0 rings (SSSR count). The van der Waals surface area contributed by atoms with Crippen molar-refractivity contribution in [3.8, 4) is 0 Å². The number of rotatable bonds is 8. The van der Waals surface area contributed by atoms with E-state index in [2.05, 4.69) is 44.8 Å². The number of aliphatic hydroxyl groups excluding tert-OH is 1. The van der Waals surface area contributed by atoms with Crippen molar-refractivity contribution < 1.29 is 34.2 Å². The molecule has 0 atom stereocenters. The van der Waals surface area contributed by atoms with Crippen LogP contribution in [0.3, 0.4) is 0 Å². The molecule has 0 heterocycles. The van der Waals surface area contributed by atoms with Crippen LogP contribution in [0.15, 0.2) is 0 Å². The Labute approximate surface area is 103 Å². The summed E-state index contributed by atoms with van der Waals surface area (Å²) in [5.74, 6) is -1.63. The molecule has 94 valence electrons. The molecule has 0 saturated heterocycles. The smallest absolute Gasteiger partial charge is 0.351 e. The fraction of sp³-hybridized carbons (Fsp3) is 0.714. The maximum Gasteiger partial charge on any atom is 0.351 e. The molecule has 0 aromatic carbocycles. The summed E-state index contributed by atoms with van der Waals surface area (Å²) in [6.07, 6.45) is -1.10. The van der Waals surface area contributed by atoms with Crippen molar-refractivity contribution in [3.63, 3.8) is 0 Å². The lowest BCUT2D eigenvalue weighted by atomic mass is 10.4. The summed E-state index contributed by atoms with van der Waals surface area (Å²) in [5.41, 5.74) is 0. The van der Waals surface area contributed by atoms with E-state index in [0.717, 1.165) is 0 Å². The number of thiol groups is 2. The van der Waals surface area contributed by atoms with Crippen molar-refractivity contribution >= 4 is 37.2 Å². The van der Waals surface area contributed by atoms with Gasteiger partial charge in [0.1, 0.15) is 19.3 Å². The molecule has 0 aliphatic carbocycles. The van der Waals surface area contributed by atoms with Crippen LogP contribution >= 0.6 is 25.3 Å². The molecule has 7 nitrogen and oxygen atoms in total. The maximum absolute atomic E-state index is 10.5. The third-order valence-corrected chi connectivity index (χ3v) is 1.60. The SMILES string of the molecule is O=C(CS)OOCC(O)COOC(=O)CS. The van der Waals surface area contributed by atoms with E-state index in [4.69, 9.17) is 5.11 Å². The average molecular weight is 272 g/mol. The summed E-state index contributed by atoms with van der Waals surface area (Å²) in [6.45, 7) is -0.615. The van der Waals surface area contributed by atoms with E-state index in [1.807, 2.05) is 0 Å². The van der Waals surface area contributed by atoms with Gasteiger partial charge in [0.15, 0.2) is 0 Å². The summed E-state index contributed by atoms with van der Waals surface area (Å²) < 4.78 is 0.